The van der Waals surface area contributed by atoms with Crippen molar-refractivity contribution in [1.29, 1.82) is 0 Å². The summed E-state index contributed by atoms with van der Waals surface area (Å²) < 4.78 is 7.31. The monoisotopic (exact) mass is 237 g/mol. The lowest BCUT2D eigenvalue weighted by atomic mass is 10.0. The summed E-state index contributed by atoms with van der Waals surface area (Å²) in [6, 6.07) is 16.8. The van der Waals surface area contributed by atoms with Gasteiger partial charge >= 0.3 is 0 Å². The van der Waals surface area contributed by atoms with Gasteiger partial charge in [-0.05, 0) is 41.5 Å². The topological polar surface area (TPSA) is 14.2 Å². The molecule has 0 amide bonds. The van der Waals surface area contributed by atoms with E-state index >= 15 is 0 Å². The Balaban J connectivity index is 2.07. The maximum absolute atomic E-state index is 5.18. The van der Waals surface area contributed by atoms with Crippen LogP contribution in [0.25, 0.3) is 22.0 Å². The van der Waals surface area contributed by atoms with Gasteiger partial charge in [0.05, 0.1) is 7.11 Å². The molecule has 0 aliphatic rings. The molecule has 1 aromatic heterocycles. The summed E-state index contributed by atoms with van der Waals surface area (Å²) in [5, 5.41) is 1.27. The van der Waals surface area contributed by atoms with Crippen LogP contribution in [0.4, 0.5) is 0 Å². The molecule has 0 radical (unpaired) electrons. The molecular formula is C16H15NO. The number of rotatable bonds is 2. The van der Waals surface area contributed by atoms with Crippen molar-refractivity contribution < 1.29 is 4.74 Å². The molecule has 0 unspecified atom stereocenters. The summed E-state index contributed by atoms with van der Waals surface area (Å²) in [6.45, 7) is 0. The molecule has 0 atom stereocenters. The Morgan fingerprint density at radius 1 is 0.889 bits per heavy atom. The van der Waals surface area contributed by atoms with Crippen molar-refractivity contribution in [3.63, 3.8) is 0 Å². The third kappa shape index (κ3) is 1.76. The number of aryl methyl sites for hydroxylation is 1. The number of fused-ring (bicyclic) bond motifs is 1. The highest BCUT2D eigenvalue weighted by Gasteiger charge is 2.02. The highest BCUT2D eigenvalue weighted by molar-refractivity contribution is 5.85. The van der Waals surface area contributed by atoms with Gasteiger partial charge in [-0.25, -0.2) is 0 Å². The lowest BCUT2D eigenvalue weighted by molar-refractivity contribution is 0.415. The van der Waals surface area contributed by atoms with Crippen LogP contribution in [0.3, 0.4) is 0 Å². The minimum Gasteiger partial charge on any atom is -0.497 e. The molecule has 0 bridgehead atoms. The molecule has 3 aromatic rings. The van der Waals surface area contributed by atoms with Gasteiger partial charge in [-0.3, -0.25) is 0 Å². The van der Waals surface area contributed by atoms with Crippen molar-refractivity contribution in [3.8, 4) is 16.9 Å². The average Bonchev–Trinajstić information content (AvgIpc) is 2.80. The number of hydrogen-bond donors (Lipinski definition) is 0. The number of methoxy groups -OCH3 is 1. The largest absolute Gasteiger partial charge is 0.497 e. The molecule has 0 fully saturated rings. The van der Waals surface area contributed by atoms with Crippen molar-refractivity contribution in [2.24, 2.45) is 7.05 Å². The van der Waals surface area contributed by atoms with E-state index < -0.39 is 0 Å². The lowest BCUT2D eigenvalue weighted by Crippen LogP contribution is -1.85. The molecular weight excluding hydrogens is 222 g/mol. The van der Waals surface area contributed by atoms with Crippen LogP contribution in [0, 0.1) is 0 Å². The fourth-order valence-corrected chi connectivity index (χ4v) is 2.24. The number of hydrogen-bond acceptors (Lipinski definition) is 1. The van der Waals surface area contributed by atoms with Crippen molar-refractivity contribution in [1.82, 2.24) is 4.57 Å². The van der Waals surface area contributed by atoms with E-state index in [2.05, 4.69) is 54.2 Å². The Morgan fingerprint density at radius 3 is 2.33 bits per heavy atom. The maximum atomic E-state index is 5.18. The van der Waals surface area contributed by atoms with Crippen molar-refractivity contribution >= 4 is 10.9 Å². The van der Waals surface area contributed by atoms with Crippen molar-refractivity contribution in [2.75, 3.05) is 7.11 Å². The molecule has 2 nitrogen and oxygen atoms in total. The lowest BCUT2D eigenvalue weighted by Gasteiger charge is -2.04. The molecule has 3 rings (SSSR count). The molecule has 0 saturated carbocycles. The highest BCUT2D eigenvalue weighted by Crippen LogP contribution is 2.26. The molecule has 0 aliphatic heterocycles. The maximum Gasteiger partial charge on any atom is 0.118 e. The van der Waals surface area contributed by atoms with E-state index in [0.29, 0.717) is 0 Å². The smallest absolute Gasteiger partial charge is 0.118 e. The summed E-state index contributed by atoms with van der Waals surface area (Å²) in [5.74, 6) is 0.888. The average molecular weight is 237 g/mol. The van der Waals surface area contributed by atoms with Gasteiger partial charge in [0, 0.05) is 24.1 Å². The van der Waals surface area contributed by atoms with Gasteiger partial charge in [-0.1, -0.05) is 18.2 Å². The molecule has 0 N–H and O–H groups in total. The van der Waals surface area contributed by atoms with Gasteiger partial charge in [0.2, 0.25) is 0 Å². The highest BCUT2D eigenvalue weighted by atomic mass is 16.5. The standard InChI is InChI=1S/C16H15NO/c1-17-10-9-14-11-13(5-8-16(14)17)12-3-6-15(18-2)7-4-12/h3-11H,1-2H3. The molecule has 0 saturated heterocycles. The molecule has 0 aliphatic carbocycles. The second kappa shape index (κ2) is 4.22. The van der Waals surface area contributed by atoms with Crippen LogP contribution in [0.2, 0.25) is 0 Å². The first-order valence-electron chi connectivity index (χ1n) is 5.97. The van der Waals surface area contributed by atoms with Crippen molar-refractivity contribution in [3.05, 3.63) is 54.7 Å². The SMILES string of the molecule is COc1ccc(-c2ccc3c(ccn3C)c2)cc1. The van der Waals surface area contributed by atoms with Gasteiger partial charge < -0.3 is 9.30 Å². The van der Waals surface area contributed by atoms with E-state index in [1.807, 2.05) is 12.1 Å². The second-order valence-corrected chi connectivity index (χ2v) is 4.43. The third-order valence-electron chi connectivity index (χ3n) is 3.31. The minimum atomic E-state index is 0.888. The van der Waals surface area contributed by atoms with Gasteiger partial charge in [0.25, 0.3) is 0 Å². The first kappa shape index (κ1) is 10.9. The molecule has 1 heterocycles. The van der Waals surface area contributed by atoms with Crippen LogP contribution in [0.1, 0.15) is 0 Å². The summed E-state index contributed by atoms with van der Waals surface area (Å²) in [5.41, 5.74) is 3.70. The van der Waals surface area contributed by atoms with Gasteiger partial charge in [0.15, 0.2) is 0 Å². The van der Waals surface area contributed by atoms with Crippen LogP contribution in [0.5, 0.6) is 5.75 Å². The molecule has 18 heavy (non-hydrogen) atoms. The number of nitrogens with zero attached hydrogens (tertiary/aromatic N) is 1. The summed E-state index contributed by atoms with van der Waals surface area (Å²) in [6.07, 6.45) is 2.09. The number of ether oxygens (including phenoxy) is 1. The van der Waals surface area contributed by atoms with Gasteiger partial charge in [0.1, 0.15) is 5.75 Å². The van der Waals surface area contributed by atoms with E-state index in [4.69, 9.17) is 4.74 Å². The Hall–Kier alpha value is -2.22. The van der Waals surface area contributed by atoms with E-state index in [0.717, 1.165) is 5.75 Å². The predicted octanol–water partition coefficient (Wildman–Crippen LogP) is 3.85. The number of aromatic nitrogens is 1. The van der Waals surface area contributed by atoms with Crippen LogP contribution in [-0.2, 0) is 7.05 Å². The number of benzene rings is 2. The van der Waals surface area contributed by atoms with E-state index in [9.17, 15) is 0 Å². The summed E-state index contributed by atoms with van der Waals surface area (Å²) in [7, 11) is 3.75. The summed E-state index contributed by atoms with van der Waals surface area (Å²) >= 11 is 0. The van der Waals surface area contributed by atoms with Crippen LogP contribution in [-0.4, -0.2) is 11.7 Å². The van der Waals surface area contributed by atoms with E-state index in [1.165, 1.54) is 22.0 Å². The first-order chi connectivity index (χ1) is 8.78. The van der Waals surface area contributed by atoms with Crippen molar-refractivity contribution in [2.45, 2.75) is 0 Å². The zero-order chi connectivity index (χ0) is 12.5. The Bertz CT molecular complexity index is 680. The Kier molecular flexibility index (Phi) is 2.56. The normalized spacial score (nSPS) is 10.8. The molecule has 2 aromatic carbocycles. The quantitative estimate of drug-likeness (QED) is 0.660. The fourth-order valence-electron chi connectivity index (χ4n) is 2.24. The minimum absolute atomic E-state index is 0.888. The Labute approximate surface area is 106 Å². The second-order valence-electron chi connectivity index (χ2n) is 4.43. The summed E-state index contributed by atoms with van der Waals surface area (Å²) in [4.78, 5) is 0. The predicted molar refractivity (Wildman–Crippen MR) is 74.9 cm³/mol. The van der Waals surface area contributed by atoms with Gasteiger partial charge in [-0.15, -0.1) is 0 Å². The molecule has 2 heteroatoms. The van der Waals surface area contributed by atoms with E-state index in [1.54, 1.807) is 7.11 Å². The zero-order valence-corrected chi connectivity index (χ0v) is 10.6. The van der Waals surface area contributed by atoms with Crippen LogP contribution in [0.15, 0.2) is 54.7 Å². The van der Waals surface area contributed by atoms with Crippen LogP contribution >= 0.6 is 0 Å². The molecule has 0 spiro atoms. The zero-order valence-electron chi connectivity index (χ0n) is 10.6. The Morgan fingerprint density at radius 2 is 1.61 bits per heavy atom. The van der Waals surface area contributed by atoms with Gasteiger partial charge in [-0.2, -0.15) is 0 Å². The molecule has 90 valence electrons. The first-order valence-corrected chi connectivity index (χ1v) is 5.97. The fraction of sp³-hybridized carbons (Fsp3) is 0.125. The van der Waals surface area contributed by atoms with E-state index in [-0.39, 0.29) is 0 Å². The third-order valence-corrected chi connectivity index (χ3v) is 3.31. The van der Waals surface area contributed by atoms with Crippen LogP contribution < -0.4 is 4.74 Å².